The Bertz CT molecular complexity index is 1700. The maximum absolute atomic E-state index is 15.0. The lowest BCUT2D eigenvalue weighted by Crippen LogP contribution is -2.57. The molecule has 0 aromatic heterocycles. The fourth-order valence-corrected chi connectivity index (χ4v) is 10.1. The van der Waals surface area contributed by atoms with E-state index in [-0.39, 0.29) is 30.9 Å². The number of carbonyl (C=O) groups is 3. The number of halogens is 1. The van der Waals surface area contributed by atoms with E-state index in [0.717, 1.165) is 11.3 Å². The first-order valence-corrected chi connectivity index (χ1v) is 16.4. The van der Waals surface area contributed by atoms with Crippen molar-refractivity contribution < 1.29 is 19.5 Å². The van der Waals surface area contributed by atoms with Gasteiger partial charge in [0.25, 0.3) is 5.91 Å². The highest BCUT2D eigenvalue weighted by atomic mass is 35.5. The van der Waals surface area contributed by atoms with Crippen LogP contribution in [0.3, 0.4) is 0 Å². The molecular weight excluding hydrogens is 606 g/mol. The van der Waals surface area contributed by atoms with Crippen LogP contribution in [0.25, 0.3) is 0 Å². The molecule has 4 heterocycles. The third kappa shape index (κ3) is 4.73. The number of anilines is 2. The Labute approximate surface area is 272 Å². The van der Waals surface area contributed by atoms with Gasteiger partial charge in [0.2, 0.25) is 11.8 Å². The van der Waals surface area contributed by atoms with Crippen LogP contribution >= 0.6 is 23.4 Å². The van der Waals surface area contributed by atoms with Gasteiger partial charge in [-0.05, 0) is 43.2 Å². The molecule has 4 aliphatic rings. The van der Waals surface area contributed by atoms with Gasteiger partial charge in [0, 0.05) is 23.5 Å². The van der Waals surface area contributed by atoms with E-state index in [1.54, 1.807) is 26.8 Å². The topological polar surface area (TPSA) is 81.2 Å². The number of thioether (sulfide) groups is 1. The Kier molecular flexibility index (Phi) is 7.63. The Morgan fingerprint density at radius 3 is 2.18 bits per heavy atom. The molecule has 0 aliphatic carbocycles. The largest absolute Gasteiger partial charge is 0.394 e. The number of benzene rings is 3. The van der Waals surface area contributed by atoms with E-state index in [2.05, 4.69) is 0 Å². The standard InChI is InChI=1S/C36H34ClN3O4S/c1-35-18-10-20-38(25-14-6-3-7-15-25)32(42)29(35)30-33(43)40(26(23-41)22-24-12-4-2-5-13-24)31-34(44)39(21-11-19-36(30,31)45-35)28-17-9-8-16-27(28)37/h2-19,26,29-31,41H,20-23H2,1H3/t26-,29+,30+,31?,35-,36+/m1/s1. The average molecular weight is 640 g/mol. The summed E-state index contributed by atoms with van der Waals surface area (Å²) in [6.45, 7) is 2.33. The number of fused-ring (bicyclic) bond motifs is 2. The Balaban J connectivity index is 1.38. The van der Waals surface area contributed by atoms with Gasteiger partial charge in [-0.15, -0.1) is 11.8 Å². The molecule has 2 fully saturated rings. The number of nitrogens with zero attached hydrogens (tertiary/aromatic N) is 3. The number of likely N-dealkylation sites (tertiary alicyclic amines) is 1. The van der Waals surface area contributed by atoms with Gasteiger partial charge in [-0.1, -0.05) is 96.6 Å². The van der Waals surface area contributed by atoms with E-state index in [4.69, 9.17) is 11.6 Å². The summed E-state index contributed by atoms with van der Waals surface area (Å²) < 4.78 is -1.79. The molecule has 230 valence electrons. The third-order valence-corrected chi connectivity index (χ3v) is 11.7. The van der Waals surface area contributed by atoms with Crippen LogP contribution in [0.4, 0.5) is 11.4 Å². The van der Waals surface area contributed by atoms with Crippen LogP contribution in [0.5, 0.6) is 0 Å². The fraction of sp³-hybridized carbons (Fsp3) is 0.306. The van der Waals surface area contributed by atoms with Gasteiger partial charge in [0.05, 0.1) is 39.9 Å². The van der Waals surface area contributed by atoms with Gasteiger partial charge in [0.15, 0.2) is 0 Å². The molecule has 0 bridgehead atoms. The smallest absolute Gasteiger partial charge is 0.251 e. The second-order valence-corrected chi connectivity index (χ2v) is 14.5. The zero-order chi connectivity index (χ0) is 31.3. The first-order valence-electron chi connectivity index (χ1n) is 15.2. The molecule has 1 unspecified atom stereocenters. The quantitative estimate of drug-likeness (QED) is 0.378. The maximum Gasteiger partial charge on any atom is 0.251 e. The van der Waals surface area contributed by atoms with Gasteiger partial charge in [-0.25, -0.2) is 0 Å². The zero-order valence-corrected chi connectivity index (χ0v) is 26.4. The number of rotatable bonds is 6. The maximum atomic E-state index is 15.0. The first kappa shape index (κ1) is 29.8. The van der Waals surface area contributed by atoms with Crippen molar-refractivity contribution >= 4 is 52.5 Å². The highest BCUT2D eigenvalue weighted by Crippen LogP contribution is 2.66. The molecule has 9 heteroatoms. The van der Waals surface area contributed by atoms with Crippen LogP contribution in [0.15, 0.2) is 109 Å². The monoisotopic (exact) mass is 639 g/mol. The van der Waals surface area contributed by atoms with Crippen LogP contribution in [0.1, 0.15) is 12.5 Å². The van der Waals surface area contributed by atoms with E-state index in [9.17, 15) is 19.5 Å². The SMILES string of the molecule is C[C@@]12C=CCN(c3ccccc3)C(=O)[C@@H]1[C@H]1C(=O)N([C@@H](CO)Cc3ccccc3)C3C(=O)N(c4ccccc4Cl)CC=C[C@@]31S2. The number of amides is 3. The molecule has 3 aromatic rings. The van der Waals surface area contributed by atoms with Crippen molar-refractivity contribution in [2.45, 2.75) is 34.9 Å². The predicted molar refractivity (Wildman–Crippen MR) is 178 cm³/mol. The summed E-state index contributed by atoms with van der Waals surface area (Å²) in [5.74, 6) is -2.27. The van der Waals surface area contributed by atoms with Crippen molar-refractivity contribution in [2.24, 2.45) is 11.8 Å². The van der Waals surface area contributed by atoms with Crippen molar-refractivity contribution in [2.75, 3.05) is 29.5 Å². The minimum atomic E-state index is -1.05. The molecule has 1 spiro atoms. The summed E-state index contributed by atoms with van der Waals surface area (Å²) in [7, 11) is 0. The van der Waals surface area contributed by atoms with Crippen LogP contribution in [-0.2, 0) is 20.8 Å². The molecule has 0 saturated carbocycles. The average Bonchev–Trinajstić information content (AvgIpc) is 3.32. The number of para-hydroxylation sites is 2. The van der Waals surface area contributed by atoms with Crippen molar-refractivity contribution in [1.29, 1.82) is 0 Å². The molecule has 4 aliphatic heterocycles. The van der Waals surface area contributed by atoms with Gasteiger partial charge in [-0.3, -0.25) is 14.4 Å². The lowest BCUT2D eigenvalue weighted by atomic mass is 9.74. The molecule has 6 atom stereocenters. The minimum Gasteiger partial charge on any atom is -0.394 e. The molecule has 1 N–H and O–H groups in total. The van der Waals surface area contributed by atoms with Gasteiger partial charge < -0.3 is 19.8 Å². The normalized spacial score (nSPS) is 29.7. The number of aliphatic hydroxyl groups is 1. The summed E-state index contributed by atoms with van der Waals surface area (Å²) in [4.78, 5) is 49.5. The molecule has 3 aromatic carbocycles. The number of aliphatic hydroxyl groups excluding tert-OH is 1. The fourth-order valence-electron chi connectivity index (χ4n) is 7.72. The van der Waals surface area contributed by atoms with Gasteiger partial charge >= 0.3 is 0 Å². The highest BCUT2D eigenvalue weighted by Gasteiger charge is 2.74. The van der Waals surface area contributed by atoms with Crippen molar-refractivity contribution in [3.8, 4) is 0 Å². The van der Waals surface area contributed by atoms with Gasteiger partial charge in [0.1, 0.15) is 6.04 Å². The molecule has 7 rings (SSSR count). The summed E-state index contributed by atoms with van der Waals surface area (Å²) in [6, 6.07) is 24.7. The summed E-state index contributed by atoms with van der Waals surface area (Å²) in [5.41, 5.74) is 2.26. The molecule has 2 saturated heterocycles. The highest BCUT2D eigenvalue weighted by molar-refractivity contribution is 8.02. The van der Waals surface area contributed by atoms with E-state index in [1.807, 2.05) is 104 Å². The van der Waals surface area contributed by atoms with Crippen LogP contribution in [0, 0.1) is 11.8 Å². The van der Waals surface area contributed by atoms with Crippen molar-refractivity contribution in [3.63, 3.8) is 0 Å². The summed E-state index contributed by atoms with van der Waals surface area (Å²) >= 11 is 8.15. The summed E-state index contributed by atoms with van der Waals surface area (Å²) in [5, 5.41) is 11.2. The second-order valence-electron chi connectivity index (χ2n) is 12.3. The predicted octanol–water partition coefficient (Wildman–Crippen LogP) is 5.14. The number of hydrogen-bond donors (Lipinski definition) is 1. The lowest BCUT2D eigenvalue weighted by molar-refractivity contribution is -0.142. The number of hydrogen-bond acceptors (Lipinski definition) is 5. The lowest BCUT2D eigenvalue weighted by Gasteiger charge is -2.40. The molecule has 3 amide bonds. The van der Waals surface area contributed by atoms with Gasteiger partial charge in [-0.2, -0.15) is 0 Å². The molecule has 45 heavy (non-hydrogen) atoms. The van der Waals surface area contributed by atoms with E-state index < -0.39 is 33.4 Å². The van der Waals surface area contributed by atoms with Crippen molar-refractivity contribution in [3.05, 3.63) is 120 Å². The molecular formula is C36H34ClN3O4S. The minimum absolute atomic E-state index is 0.145. The van der Waals surface area contributed by atoms with Crippen molar-refractivity contribution in [1.82, 2.24) is 4.90 Å². The summed E-state index contributed by atoms with van der Waals surface area (Å²) in [6.07, 6.45) is 8.33. The molecule has 0 radical (unpaired) electrons. The van der Waals surface area contributed by atoms with E-state index in [1.165, 1.54) is 11.8 Å². The van der Waals surface area contributed by atoms with Crippen LogP contribution < -0.4 is 9.80 Å². The van der Waals surface area contributed by atoms with Crippen LogP contribution in [0.2, 0.25) is 5.02 Å². The Morgan fingerprint density at radius 1 is 0.822 bits per heavy atom. The number of carbonyl (C=O) groups excluding carboxylic acids is 3. The van der Waals surface area contributed by atoms with E-state index in [0.29, 0.717) is 23.7 Å². The Hall–Kier alpha value is -3.85. The zero-order valence-electron chi connectivity index (χ0n) is 24.8. The van der Waals surface area contributed by atoms with E-state index >= 15 is 0 Å². The first-order chi connectivity index (χ1) is 21.8. The van der Waals surface area contributed by atoms with Crippen LogP contribution in [-0.4, -0.2) is 69.0 Å². The third-order valence-electron chi connectivity index (χ3n) is 9.62. The Morgan fingerprint density at radius 2 is 1.47 bits per heavy atom. The molecule has 7 nitrogen and oxygen atoms in total. The second kappa shape index (κ2) is 11.5.